The van der Waals surface area contributed by atoms with E-state index in [0.29, 0.717) is 13.1 Å². The van der Waals surface area contributed by atoms with Gasteiger partial charge in [-0.15, -0.1) is 0 Å². The Morgan fingerprint density at radius 3 is 2.48 bits per heavy atom. The highest BCUT2D eigenvalue weighted by Gasteiger charge is 2.31. The molecule has 1 saturated heterocycles. The first kappa shape index (κ1) is 19.2. The minimum atomic E-state index is -0.457. The molecule has 3 rings (SSSR count). The lowest BCUT2D eigenvalue weighted by Gasteiger charge is -2.38. The van der Waals surface area contributed by atoms with E-state index in [0.717, 1.165) is 24.4 Å². The molecule has 5 heteroatoms. The first-order chi connectivity index (χ1) is 13.0. The Balaban J connectivity index is 1.65. The molecule has 0 bridgehead atoms. The first-order valence-corrected chi connectivity index (χ1v) is 9.63. The predicted octanol–water partition coefficient (Wildman–Crippen LogP) is 3.45. The molecule has 0 spiro atoms. The number of benzene rings is 1. The Bertz CT molecular complexity index is 783. The Hall–Kier alpha value is -2.56. The fourth-order valence-electron chi connectivity index (χ4n) is 3.48. The van der Waals surface area contributed by atoms with Crippen molar-refractivity contribution in [3.63, 3.8) is 0 Å². The van der Waals surface area contributed by atoms with E-state index in [1.807, 2.05) is 68.4 Å². The zero-order chi connectivity index (χ0) is 19.4. The van der Waals surface area contributed by atoms with Crippen LogP contribution in [-0.4, -0.2) is 48.1 Å². The van der Waals surface area contributed by atoms with Gasteiger partial charge in [0.05, 0.1) is 0 Å². The molecule has 1 fully saturated rings. The van der Waals surface area contributed by atoms with Crippen LogP contribution in [0.15, 0.2) is 42.7 Å². The summed E-state index contributed by atoms with van der Waals surface area (Å²) in [6.45, 7) is 11.2. The van der Waals surface area contributed by atoms with Crippen molar-refractivity contribution >= 4 is 11.6 Å². The molecule has 2 heterocycles. The molecule has 0 unspecified atom stereocenters. The van der Waals surface area contributed by atoms with E-state index in [2.05, 4.69) is 16.8 Å². The highest BCUT2D eigenvalue weighted by molar-refractivity contribution is 5.82. The molecule has 1 aromatic heterocycles. The minimum Gasteiger partial charge on any atom is -0.480 e. The lowest BCUT2D eigenvalue weighted by molar-refractivity contribution is -0.141. The van der Waals surface area contributed by atoms with Crippen molar-refractivity contribution in [3.05, 3.63) is 53.9 Å². The lowest BCUT2D eigenvalue weighted by atomic mass is 10.0. The van der Waals surface area contributed by atoms with Gasteiger partial charge >= 0.3 is 0 Å². The highest BCUT2D eigenvalue weighted by Crippen LogP contribution is 2.22. The summed E-state index contributed by atoms with van der Waals surface area (Å²) in [5.74, 6) is 0.948. The molecule has 0 aliphatic carbocycles. The summed E-state index contributed by atoms with van der Waals surface area (Å²) in [7, 11) is 0. The molecule has 0 radical (unpaired) electrons. The van der Waals surface area contributed by atoms with Crippen LogP contribution in [0.2, 0.25) is 0 Å². The molecular weight excluding hydrogens is 338 g/mol. The lowest BCUT2D eigenvalue weighted by Crippen LogP contribution is -2.53. The number of carbonyl (C=O) groups excluding carboxylic acids is 1. The van der Waals surface area contributed by atoms with Crippen molar-refractivity contribution in [2.24, 2.45) is 5.92 Å². The van der Waals surface area contributed by atoms with Crippen LogP contribution in [0.3, 0.4) is 0 Å². The van der Waals surface area contributed by atoms with Crippen molar-refractivity contribution in [1.29, 1.82) is 0 Å². The quantitative estimate of drug-likeness (QED) is 0.812. The third-order valence-electron chi connectivity index (χ3n) is 5.02. The molecule has 144 valence electrons. The van der Waals surface area contributed by atoms with Crippen molar-refractivity contribution < 1.29 is 9.53 Å². The molecule has 1 amide bonds. The summed E-state index contributed by atoms with van der Waals surface area (Å²) in [5.41, 5.74) is 3.50. The van der Waals surface area contributed by atoms with E-state index in [1.54, 1.807) is 0 Å². The number of piperazine rings is 1. The molecule has 0 N–H and O–H groups in total. The van der Waals surface area contributed by atoms with Crippen LogP contribution in [0.1, 0.15) is 25.0 Å². The number of amides is 1. The summed E-state index contributed by atoms with van der Waals surface area (Å²) >= 11 is 0. The fourth-order valence-corrected chi connectivity index (χ4v) is 3.48. The summed E-state index contributed by atoms with van der Waals surface area (Å²) in [6.07, 6.45) is 3.25. The van der Waals surface area contributed by atoms with E-state index < -0.39 is 6.10 Å². The number of aryl methyl sites for hydroxylation is 2. The normalized spacial score (nSPS) is 15.7. The maximum absolute atomic E-state index is 13.1. The average Bonchev–Trinajstić information content (AvgIpc) is 2.66. The third-order valence-corrected chi connectivity index (χ3v) is 5.02. The Kier molecular flexibility index (Phi) is 5.99. The first-order valence-electron chi connectivity index (χ1n) is 9.63. The second-order valence-electron chi connectivity index (χ2n) is 7.57. The second-order valence-corrected chi connectivity index (χ2v) is 7.57. The number of aromatic nitrogens is 1. The number of ether oxygens (including phenoxy) is 1. The Labute approximate surface area is 162 Å². The summed E-state index contributed by atoms with van der Waals surface area (Å²) in [4.78, 5) is 21.5. The van der Waals surface area contributed by atoms with Gasteiger partial charge in [-0.3, -0.25) is 9.78 Å². The van der Waals surface area contributed by atoms with Gasteiger partial charge in [-0.1, -0.05) is 26.0 Å². The standard InChI is InChI=1S/C22H29N3O2/c1-16(2)21(27-19-7-5-6-17(3)14-19)22(26)25-12-10-24(11-13-25)20-8-9-23-15-18(20)4/h5-9,14-16,21H,10-13H2,1-4H3/t21-/m0/s1. The zero-order valence-electron chi connectivity index (χ0n) is 16.7. The van der Waals surface area contributed by atoms with Crippen LogP contribution < -0.4 is 9.64 Å². The van der Waals surface area contributed by atoms with E-state index in [9.17, 15) is 4.79 Å². The molecule has 1 atom stereocenters. The van der Waals surface area contributed by atoms with E-state index in [4.69, 9.17) is 4.74 Å². The maximum Gasteiger partial charge on any atom is 0.264 e. The van der Waals surface area contributed by atoms with Gasteiger partial charge in [-0.05, 0) is 49.1 Å². The molecule has 5 nitrogen and oxygen atoms in total. The van der Waals surface area contributed by atoms with Gasteiger partial charge in [0.2, 0.25) is 0 Å². The van der Waals surface area contributed by atoms with E-state index in [-0.39, 0.29) is 11.8 Å². The summed E-state index contributed by atoms with van der Waals surface area (Å²) < 4.78 is 6.09. The van der Waals surface area contributed by atoms with Gasteiger partial charge in [0.1, 0.15) is 5.75 Å². The molecule has 1 aliphatic rings. The fraction of sp³-hybridized carbons (Fsp3) is 0.455. The number of carbonyl (C=O) groups is 1. The zero-order valence-corrected chi connectivity index (χ0v) is 16.7. The van der Waals surface area contributed by atoms with Crippen molar-refractivity contribution in [1.82, 2.24) is 9.88 Å². The van der Waals surface area contributed by atoms with Gasteiger partial charge < -0.3 is 14.5 Å². The number of hydrogen-bond acceptors (Lipinski definition) is 4. The van der Waals surface area contributed by atoms with Crippen molar-refractivity contribution in [2.45, 2.75) is 33.8 Å². The highest BCUT2D eigenvalue weighted by atomic mass is 16.5. The smallest absolute Gasteiger partial charge is 0.264 e. The van der Waals surface area contributed by atoms with Gasteiger partial charge in [-0.25, -0.2) is 0 Å². The number of rotatable bonds is 5. The van der Waals surface area contributed by atoms with Gasteiger partial charge in [0.15, 0.2) is 6.10 Å². The van der Waals surface area contributed by atoms with Crippen LogP contribution >= 0.6 is 0 Å². The summed E-state index contributed by atoms with van der Waals surface area (Å²) in [6, 6.07) is 9.93. The van der Waals surface area contributed by atoms with Gasteiger partial charge in [-0.2, -0.15) is 0 Å². The van der Waals surface area contributed by atoms with E-state index in [1.165, 1.54) is 11.3 Å². The molecule has 1 aromatic carbocycles. The Morgan fingerprint density at radius 2 is 1.85 bits per heavy atom. The number of anilines is 1. The van der Waals surface area contributed by atoms with Gasteiger partial charge in [0, 0.05) is 44.3 Å². The van der Waals surface area contributed by atoms with Crippen LogP contribution in [0, 0.1) is 19.8 Å². The largest absolute Gasteiger partial charge is 0.480 e. The second kappa shape index (κ2) is 8.42. The molecular formula is C22H29N3O2. The Morgan fingerprint density at radius 1 is 1.11 bits per heavy atom. The monoisotopic (exact) mass is 367 g/mol. The van der Waals surface area contributed by atoms with Crippen LogP contribution in [0.4, 0.5) is 5.69 Å². The van der Waals surface area contributed by atoms with Crippen LogP contribution in [0.25, 0.3) is 0 Å². The minimum absolute atomic E-state index is 0.0811. The number of pyridine rings is 1. The molecule has 0 saturated carbocycles. The van der Waals surface area contributed by atoms with Crippen LogP contribution in [0.5, 0.6) is 5.75 Å². The van der Waals surface area contributed by atoms with E-state index >= 15 is 0 Å². The third kappa shape index (κ3) is 4.59. The van der Waals surface area contributed by atoms with Gasteiger partial charge in [0.25, 0.3) is 5.91 Å². The summed E-state index contributed by atoms with van der Waals surface area (Å²) in [5, 5.41) is 0. The molecule has 1 aliphatic heterocycles. The topological polar surface area (TPSA) is 45.7 Å². The van der Waals surface area contributed by atoms with Crippen LogP contribution in [-0.2, 0) is 4.79 Å². The maximum atomic E-state index is 13.1. The molecule has 27 heavy (non-hydrogen) atoms. The SMILES string of the molecule is Cc1cccc(O[C@H](C(=O)N2CCN(c3ccncc3C)CC2)C(C)C)c1. The number of hydrogen-bond donors (Lipinski definition) is 0. The number of nitrogens with zero attached hydrogens (tertiary/aromatic N) is 3. The predicted molar refractivity (Wildman–Crippen MR) is 108 cm³/mol. The van der Waals surface area contributed by atoms with Crippen molar-refractivity contribution in [3.8, 4) is 5.75 Å². The average molecular weight is 367 g/mol. The molecule has 2 aromatic rings. The van der Waals surface area contributed by atoms with Crippen molar-refractivity contribution in [2.75, 3.05) is 31.1 Å².